The molecule has 5 heteroatoms. The summed E-state index contributed by atoms with van der Waals surface area (Å²) in [6.07, 6.45) is 1.70. The highest BCUT2D eigenvalue weighted by Crippen LogP contribution is 2.15. The summed E-state index contributed by atoms with van der Waals surface area (Å²) in [5, 5.41) is 10.3. The molecule has 0 saturated carbocycles. The average Bonchev–Trinajstić information content (AvgIpc) is 2.65. The number of rotatable bonds is 5. The molecule has 1 saturated heterocycles. The van der Waals surface area contributed by atoms with Gasteiger partial charge in [-0.3, -0.25) is 14.7 Å². The summed E-state index contributed by atoms with van der Waals surface area (Å²) in [7, 11) is 0. The molecule has 5 nitrogen and oxygen atoms in total. The third-order valence-electron chi connectivity index (χ3n) is 4.67. The minimum Gasteiger partial charge on any atom is -0.387 e. The van der Waals surface area contributed by atoms with Crippen molar-refractivity contribution < 1.29 is 9.90 Å². The summed E-state index contributed by atoms with van der Waals surface area (Å²) in [5.41, 5.74) is 2.85. The normalized spacial score (nSPS) is 16.6. The zero-order valence-electron chi connectivity index (χ0n) is 14.6. The number of hydrogen-bond acceptors (Lipinski definition) is 4. The number of nitrogens with zero attached hydrogens (tertiary/aromatic N) is 3. The fourth-order valence-corrected chi connectivity index (χ4v) is 3.09. The highest BCUT2D eigenvalue weighted by molar-refractivity contribution is 5.78. The number of amides is 1. The van der Waals surface area contributed by atoms with E-state index >= 15 is 0 Å². The highest BCUT2D eigenvalue weighted by atomic mass is 16.3. The fourth-order valence-electron chi connectivity index (χ4n) is 3.09. The van der Waals surface area contributed by atoms with Gasteiger partial charge >= 0.3 is 0 Å². The van der Waals surface area contributed by atoms with E-state index in [-0.39, 0.29) is 5.91 Å². The number of pyridine rings is 1. The van der Waals surface area contributed by atoms with Crippen LogP contribution in [0.15, 0.2) is 48.7 Å². The van der Waals surface area contributed by atoms with Crippen molar-refractivity contribution in [3.63, 3.8) is 0 Å². The molecule has 1 N–H and O–H groups in total. The summed E-state index contributed by atoms with van der Waals surface area (Å²) in [5.74, 6) is 0.147. The number of hydrogen-bond donors (Lipinski definition) is 1. The maximum Gasteiger partial charge on any atom is 0.227 e. The van der Waals surface area contributed by atoms with Crippen molar-refractivity contribution >= 4 is 5.91 Å². The van der Waals surface area contributed by atoms with Crippen LogP contribution >= 0.6 is 0 Å². The lowest BCUT2D eigenvalue weighted by molar-refractivity contribution is -0.132. The number of aliphatic hydroxyl groups excluding tert-OH is 1. The fraction of sp³-hybridized carbons (Fsp3) is 0.400. The highest BCUT2D eigenvalue weighted by Gasteiger charge is 2.23. The van der Waals surface area contributed by atoms with E-state index in [2.05, 4.69) is 9.88 Å². The van der Waals surface area contributed by atoms with Crippen LogP contribution < -0.4 is 0 Å². The molecule has 0 bridgehead atoms. The van der Waals surface area contributed by atoms with Crippen molar-refractivity contribution in [1.82, 2.24) is 14.8 Å². The van der Waals surface area contributed by atoms with Crippen molar-refractivity contribution in [2.75, 3.05) is 32.7 Å². The number of aromatic nitrogens is 1. The van der Waals surface area contributed by atoms with E-state index in [0.717, 1.165) is 29.9 Å². The standard InChI is InChI=1S/C20H25N3O2/c1-16-7-8-17(14-21-16)13-20(25)23-11-9-22(10-12-23)15-19(24)18-5-3-2-4-6-18/h2-8,14,19,24H,9-13,15H2,1H3/t19-/m0/s1. The van der Waals surface area contributed by atoms with E-state index in [9.17, 15) is 9.90 Å². The van der Waals surface area contributed by atoms with Gasteiger partial charge in [-0.25, -0.2) is 0 Å². The Morgan fingerprint density at radius 2 is 1.84 bits per heavy atom. The molecule has 0 radical (unpaired) electrons. The average molecular weight is 339 g/mol. The zero-order chi connectivity index (χ0) is 17.6. The van der Waals surface area contributed by atoms with E-state index in [1.54, 1.807) is 6.20 Å². The van der Waals surface area contributed by atoms with Gasteiger partial charge in [-0.15, -0.1) is 0 Å². The summed E-state index contributed by atoms with van der Waals surface area (Å²) in [6, 6.07) is 13.6. The maximum absolute atomic E-state index is 12.4. The van der Waals surface area contributed by atoms with Gasteiger partial charge in [0.25, 0.3) is 0 Å². The predicted molar refractivity (Wildman–Crippen MR) is 97.1 cm³/mol. The van der Waals surface area contributed by atoms with Crippen molar-refractivity contribution in [2.24, 2.45) is 0 Å². The number of aryl methyl sites for hydroxylation is 1. The Kier molecular flexibility index (Phi) is 5.79. The number of piperazine rings is 1. The SMILES string of the molecule is Cc1ccc(CC(=O)N2CCN(C[C@H](O)c3ccccc3)CC2)cn1. The van der Waals surface area contributed by atoms with Crippen LogP contribution in [0, 0.1) is 6.92 Å². The van der Waals surface area contributed by atoms with Gasteiger partial charge in [0.1, 0.15) is 0 Å². The van der Waals surface area contributed by atoms with Crippen molar-refractivity contribution in [1.29, 1.82) is 0 Å². The minimum atomic E-state index is -0.484. The van der Waals surface area contributed by atoms with E-state index in [1.165, 1.54) is 0 Å². The lowest BCUT2D eigenvalue weighted by atomic mass is 10.1. The summed E-state index contributed by atoms with van der Waals surface area (Å²) >= 11 is 0. The number of benzene rings is 1. The van der Waals surface area contributed by atoms with E-state index in [0.29, 0.717) is 26.1 Å². The van der Waals surface area contributed by atoms with Crippen LogP contribution in [0.2, 0.25) is 0 Å². The lowest BCUT2D eigenvalue weighted by Gasteiger charge is -2.35. The zero-order valence-corrected chi connectivity index (χ0v) is 14.6. The van der Waals surface area contributed by atoms with Gasteiger partial charge < -0.3 is 10.0 Å². The molecule has 1 aromatic carbocycles. The topological polar surface area (TPSA) is 56.7 Å². The predicted octanol–water partition coefficient (Wildman–Crippen LogP) is 1.81. The molecule has 1 aliphatic heterocycles. The monoisotopic (exact) mass is 339 g/mol. The summed E-state index contributed by atoms with van der Waals surface area (Å²) < 4.78 is 0. The first-order chi connectivity index (χ1) is 12.1. The summed E-state index contributed by atoms with van der Waals surface area (Å²) in [4.78, 5) is 20.8. The quantitative estimate of drug-likeness (QED) is 0.903. The second-order valence-electron chi connectivity index (χ2n) is 6.59. The largest absolute Gasteiger partial charge is 0.387 e. The second-order valence-corrected chi connectivity index (χ2v) is 6.59. The van der Waals surface area contributed by atoms with Crippen LogP contribution in [0.4, 0.5) is 0 Å². The molecule has 1 amide bonds. The Labute approximate surface area is 148 Å². The van der Waals surface area contributed by atoms with Gasteiger partial charge in [0.05, 0.1) is 12.5 Å². The van der Waals surface area contributed by atoms with Crippen LogP contribution in [0.3, 0.4) is 0 Å². The van der Waals surface area contributed by atoms with Gasteiger partial charge in [-0.05, 0) is 24.1 Å². The first-order valence-electron chi connectivity index (χ1n) is 8.76. The first-order valence-corrected chi connectivity index (χ1v) is 8.76. The third kappa shape index (κ3) is 4.87. The lowest BCUT2D eigenvalue weighted by Crippen LogP contribution is -2.50. The number of carbonyl (C=O) groups is 1. The van der Waals surface area contributed by atoms with E-state index in [4.69, 9.17) is 0 Å². The maximum atomic E-state index is 12.4. The number of aliphatic hydroxyl groups is 1. The Morgan fingerprint density at radius 3 is 2.48 bits per heavy atom. The molecule has 3 rings (SSSR count). The van der Waals surface area contributed by atoms with Crippen LogP contribution in [0.25, 0.3) is 0 Å². The minimum absolute atomic E-state index is 0.147. The molecule has 1 fully saturated rings. The Morgan fingerprint density at radius 1 is 1.12 bits per heavy atom. The molecule has 2 aromatic rings. The van der Waals surface area contributed by atoms with Gasteiger partial charge in [0.15, 0.2) is 0 Å². The van der Waals surface area contributed by atoms with Crippen molar-refractivity contribution in [3.05, 3.63) is 65.5 Å². The molecule has 0 aliphatic carbocycles. The Bertz CT molecular complexity index is 680. The molecule has 1 aliphatic rings. The Hall–Kier alpha value is -2.24. The molecular formula is C20H25N3O2. The molecule has 1 aromatic heterocycles. The van der Waals surface area contributed by atoms with Gasteiger partial charge in [-0.1, -0.05) is 36.4 Å². The second kappa shape index (κ2) is 8.23. The van der Waals surface area contributed by atoms with E-state index in [1.807, 2.05) is 54.3 Å². The van der Waals surface area contributed by atoms with Crippen LogP contribution in [-0.4, -0.2) is 58.5 Å². The smallest absolute Gasteiger partial charge is 0.227 e. The van der Waals surface area contributed by atoms with E-state index < -0.39 is 6.10 Å². The Balaban J connectivity index is 1.46. The molecular weight excluding hydrogens is 314 g/mol. The van der Waals surface area contributed by atoms with Gasteiger partial charge in [-0.2, -0.15) is 0 Å². The van der Waals surface area contributed by atoms with Crippen LogP contribution in [-0.2, 0) is 11.2 Å². The van der Waals surface area contributed by atoms with Crippen molar-refractivity contribution in [3.8, 4) is 0 Å². The number of β-amino-alcohol motifs (C(OH)–C–C–N with tert-alkyl or cyclic N) is 1. The molecule has 25 heavy (non-hydrogen) atoms. The molecule has 0 spiro atoms. The third-order valence-corrected chi connectivity index (χ3v) is 4.67. The van der Waals surface area contributed by atoms with Crippen LogP contribution in [0.5, 0.6) is 0 Å². The number of carbonyl (C=O) groups excluding carboxylic acids is 1. The molecule has 1 atom stereocenters. The molecule has 2 heterocycles. The first kappa shape index (κ1) is 17.6. The molecule has 132 valence electrons. The van der Waals surface area contributed by atoms with Crippen LogP contribution in [0.1, 0.15) is 22.9 Å². The molecule has 0 unspecified atom stereocenters. The van der Waals surface area contributed by atoms with Crippen molar-refractivity contribution in [2.45, 2.75) is 19.4 Å². The summed E-state index contributed by atoms with van der Waals surface area (Å²) in [6.45, 7) is 5.55. The van der Waals surface area contributed by atoms with Gasteiger partial charge in [0, 0.05) is 44.6 Å². The van der Waals surface area contributed by atoms with Gasteiger partial charge in [0.2, 0.25) is 5.91 Å².